The highest BCUT2D eigenvalue weighted by atomic mass is 35.5. The fourth-order valence-corrected chi connectivity index (χ4v) is 2.95. The van der Waals surface area contributed by atoms with Crippen LogP contribution in [0.25, 0.3) is 0 Å². The van der Waals surface area contributed by atoms with Gasteiger partial charge in [0.05, 0.1) is 22.1 Å². The fourth-order valence-electron chi connectivity index (χ4n) is 2.83. The van der Waals surface area contributed by atoms with E-state index in [-0.39, 0.29) is 6.03 Å². The van der Waals surface area contributed by atoms with E-state index in [4.69, 9.17) is 11.6 Å². The molecule has 1 aliphatic rings. The number of pyridine rings is 1. The number of hydrogen-bond acceptors (Lipinski definition) is 4. The van der Waals surface area contributed by atoms with E-state index in [0.717, 1.165) is 36.0 Å². The van der Waals surface area contributed by atoms with Gasteiger partial charge in [-0.2, -0.15) is 5.10 Å². The monoisotopic (exact) mass is 348 g/mol. The molecule has 1 fully saturated rings. The van der Waals surface area contributed by atoms with Crippen LogP contribution >= 0.6 is 11.6 Å². The summed E-state index contributed by atoms with van der Waals surface area (Å²) >= 11 is 5.87. The lowest BCUT2D eigenvalue weighted by molar-refractivity contribution is 0.208. The number of urea groups is 1. The molecule has 128 valence electrons. The van der Waals surface area contributed by atoms with Crippen molar-refractivity contribution in [3.63, 3.8) is 0 Å². The molecule has 3 heterocycles. The minimum Gasteiger partial charge on any atom is -0.353 e. The van der Waals surface area contributed by atoms with E-state index >= 15 is 0 Å². The van der Waals surface area contributed by atoms with Crippen molar-refractivity contribution in [3.05, 3.63) is 34.7 Å². The summed E-state index contributed by atoms with van der Waals surface area (Å²) in [4.78, 5) is 20.8. The molecule has 2 aromatic heterocycles. The number of nitrogens with zero attached hydrogens (tertiary/aromatic N) is 5. The first-order valence-corrected chi connectivity index (χ1v) is 8.26. The van der Waals surface area contributed by atoms with Crippen molar-refractivity contribution in [1.82, 2.24) is 19.7 Å². The molecule has 24 heavy (non-hydrogen) atoms. The van der Waals surface area contributed by atoms with Gasteiger partial charge in [0.2, 0.25) is 0 Å². The van der Waals surface area contributed by atoms with E-state index in [0.29, 0.717) is 18.1 Å². The van der Waals surface area contributed by atoms with Crippen LogP contribution in [0, 0.1) is 13.8 Å². The zero-order valence-electron chi connectivity index (χ0n) is 14.1. The maximum Gasteiger partial charge on any atom is 0.322 e. The standard InChI is InChI=1S/C16H21ClN6O/c1-11-15(12(2)21(3)20-11)19-16(24)23-8-6-22(7-9-23)14-5-4-13(17)10-18-14/h4-5,10H,6-9H2,1-3H3,(H,19,24). The summed E-state index contributed by atoms with van der Waals surface area (Å²) in [5.41, 5.74) is 2.57. The van der Waals surface area contributed by atoms with Crippen LogP contribution in [0.2, 0.25) is 5.02 Å². The summed E-state index contributed by atoms with van der Waals surface area (Å²) in [7, 11) is 1.87. The number of aryl methyl sites for hydroxylation is 2. The topological polar surface area (TPSA) is 66.3 Å². The third-order valence-electron chi connectivity index (χ3n) is 4.34. The van der Waals surface area contributed by atoms with Gasteiger partial charge in [-0.25, -0.2) is 9.78 Å². The van der Waals surface area contributed by atoms with Gasteiger partial charge in [-0.1, -0.05) is 11.6 Å². The van der Waals surface area contributed by atoms with Crippen LogP contribution in [0.4, 0.5) is 16.3 Å². The number of hydrogen-bond donors (Lipinski definition) is 1. The molecule has 0 radical (unpaired) electrons. The fraction of sp³-hybridized carbons (Fsp3) is 0.438. The molecule has 7 nitrogen and oxygen atoms in total. The normalized spacial score (nSPS) is 14.8. The molecule has 2 amide bonds. The predicted molar refractivity (Wildman–Crippen MR) is 94.7 cm³/mol. The maximum absolute atomic E-state index is 12.5. The van der Waals surface area contributed by atoms with E-state index in [1.807, 2.05) is 37.9 Å². The number of nitrogens with one attached hydrogen (secondary N) is 1. The quantitative estimate of drug-likeness (QED) is 0.905. The summed E-state index contributed by atoms with van der Waals surface area (Å²) in [6.45, 7) is 6.62. The van der Waals surface area contributed by atoms with Gasteiger partial charge in [-0.05, 0) is 26.0 Å². The number of carbonyl (C=O) groups is 1. The lowest BCUT2D eigenvalue weighted by atomic mass is 10.3. The van der Waals surface area contributed by atoms with Crippen LogP contribution in [-0.4, -0.2) is 51.9 Å². The largest absolute Gasteiger partial charge is 0.353 e. The summed E-state index contributed by atoms with van der Waals surface area (Å²) < 4.78 is 1.77. The molecule has 0 atom stereocenters. The smallest absolute Gasteiger partial charge is 0.322 e. The van der Waals surface area contributed by atoms with Crippen molar-refractivity contribution in [2.24, 2.45) is 7.05 Å². The molecular weight excluding hydrogens is 328 g/mol. The Morgan fingerprint density at radius 3 is 2.46 bits per heavy atom. The van der Waals surface area contributed by atoms with Gasteiger partial charge in [0.1, 0.15) is 5.82 Å². The minimum atomic E-state index is -0.0853. The Morgan fingerprint density at radius 1 is 1.21 bits per heavy atom. The second-order valence-electron chi connectivity index (χ2n) is 5.91. The van der Waals surface area contributed by atoms with Crippen LogP contribution in [0.1, 0.15) is 11.4 Å². The van der Waals surface area contributed by atoms with Crippen molar-refractivity contribution in [1.29, 1.82) is 0 Å². The molecule has 1 saturated heterocycles. The van der Waals surface area contributed by atoms with Crippen LogP contribution in [0.3, 0.4) is 0 Å². The molecule has 8 heteroatoms. The third-order valence-corrected chi connectivity index (χ3v) is 4.57. The second-order valence-corrected chi connectivity index (χ2v) is 6.34. The number of halogens is 1. The molecule has 0 aliphatic carbocycles. The highest BCUT2D eigenvalue weighted by Crippen LogP contribution is 2.20. The number of piperazine rings is 1. The van der Waals surface area contributed by atoms with Crippen molar-refractivity contribution in [2.45, 2.75) is 13.8 Å². The van der Waals surface area contributed by atoms with Gasteiger partial charge in [-0.3, -0.25) is 4.68 Å². The maximum atomic E-state index is 12.5. The minimum absolute atomic E-state index is 0.0853. The van der Waals surface area contributed by atoms with Crippen LogP contribution in [0.15, 0.2) is 18.3 Å². The van der Waals surface area contributed by atoms with E-state index in [1.165, 1.54) is 0 Å². The molecule has 1 N–H and O–H groups in total. The second kappa shape index (κ2) is 6.68. The Kier molecular flexibility index (Phi) is 4.62. The van der Waals surface area contributed by atoms with Crippen LogP contribution in [0.5, 0.6) is 0 Å². The Labute approximate surface area is 146 Å². The summed E-state index contributed by atoms with van der Waals surface area (Å²) in [5, 5.41) is 7.93. The molecular formula is C16H21ClN6O. The molecule has 0 spiro atoms. The van der Waals surface area contributed by atoms with Crippen LogP contribution in [-0.2, 0) is 7.05 Å². The predicted octanol–water partition coefficient (Wildman–Crippen LogP) is 2.44. The SMILES string of the molecule is Cc1nn(C)c(C)c1NC(=O)N1CCN(c2ccc(Cl)cn2)CC1. The van der Waals surface area contributed by atoms with E-state index in [1.54, 1.807) is 10.9 Å². The van der Waals surface area contributed by atoms with Gasteiger partial charge < -0.3 is 15.1 Å². The van der Waals surface area contributed by atoms with Gasteiger partial charge >= 0.3 is 6.03 Å². The lowest BCUT2D eigenvalue weighted by Crippen LogP contribution is -2.50. The number of rotatable bonds is 2. The Bertz CT molecular complexity index is 734. The first kappa shape index (κ1) is 16.6. The van der Waals surface area contributed by atoms with Crippen molar-refractivity contribution in [3.8, 4) is 0 Å². The van der Waals surface area contributed by atoms with Gasteiger partial charge in [0.25, 0.3) is 0 Å². The van der Waals surface area contributed by atoms with Gasteiger partial charge in [-0.15, -0.1) is 0 Å². The molecule has 0 saturated carbocycles. The molecule has 0 aromatic carbocycles. The lowest BCUT2D eigenvalue weighted by Gasteiger charge is -2.35. The van der Waals surface area contributed by atoms with Gasteiger partial charge in [0, 0.05) is 39.4 Å². The van der Waals surface area contributed by atoms with Crippen molar-refractivity contribution >= 4 is 29.1 Å². The van der Waals surface area contributed by atoms with E-state index < -0.39 is 0 Å². The molecule has 2 aromatic rings. The average Bonchev–Trinajstić information content (AvgIpc) is 2.82. The highest BCUT2D eigenvalue weighted by molar-refractivity contribution is 6.30. The van der Waals surface area contributed by atoms with Gasteiger partial charge in [0.15, 0.2) is 0 Å². The molecule has 1 aliphatic heterocycles. The first-order valence-electron chi connectivity index (χ1n) is 7.88. The summed E-state index contributed by atoms with van der Waals surface area (Å²) in [5.74, 6) is 0.887. The number of amides is 2. The first-order chi connectivity index (χ1) is 11.5. The third kappa shape index (κ3) is 3.31. The van der Waals surface area contributed by atoms with Crippen molar-refractivity contribution < 1.29 is 4.79 Å². The number of aromatic nitrogens is 3. The van der Waals surface area contributed by atoms with Crippen molar-refractivity contribution in [2.75, 3.05) is 36.4 Å². The van der Waals surface area contributed by atoms with Crippen LogP contribution < -0.4 is 10.2 Å². The molecule has 0 bridgehead atoms. The Morgan fingerprint density at radius 2 is 1.92 bits per heavy atom. The summed E-state index contributed by atoms with van der Waals surface area (Å²) in [6, 6.07) is 3.65. The Balaban J connectivity index is 1.60. The summed E-state index contributed by atoms with van der Waals surface area (Å²) in [6.07, 6.45) is 1.64. The molecule has 0 unspecified atom stereocenters. The average molecular weight is 349 g/mol. The highest BCUT2D eigenvalue weighted by Gasteiger charge is 2.23. The number of carbonyl (C=O) groups excluding carboxylic acids is 1. The number of anilines is 2. The Hall–Kier alpha value is -2.28. The molecule has 3 rings (SSSR count). The zero-order valence-corrected chi connectivity index (χ0v) is 14.8. The van der Waals surface area contributed by atoms with E-state index in [9.17, 15) is 4.79 Å². The van der Waals surface area contributed by atoms with E-state index in [2.05, 4.69) is 20.3 Å². The zero-order chi connectivity index (χ0) is 17.3.